The SMILES string of the molecule is COC[C@]1(CN)[C@H](c2ccc(C)cc2)[C@@H]1S(=O)(=O)c1ccc(Cl)cc1. The van der Waals surface area contributed by atoms with Gasteiger partial charge >= 0.3 is 0 Å². The van der Waals surface area contributed by atoms with Crippen molar-refractivity contribution in [3.63, 3.8) is 0 Å². The van der Waals surface area contributed by atoms with Gasteiger partial charge in [-0.15, -0.1) is 0 Å². The first kappa shape index (κ1) is 18.4. The van der Waals surface area contributed by atoms with Crippen LogP contribution in [-0.4, -0.2) is 33.9 Å². The Balaban J connectivity index is 2.05. The van der Waals surface area contributed by atoms with Gasteiger partial charge in [-0.25, -0.2) is 8.42 Å². The predicted molar refractivity (Wildman–Crippen MR) is 99.7 cm³/mol. The van der Waals surface area contributed by atoms with Crippen molar-refractivity contribution in [3.8, 4) is 0 Å². The van der Waals surface area contributed by atoms with Crippen LogP contribution in [0.5, 0.6) is 0 Å². The molecule has 0 amide bonds. The molecule has 0 heterocycles. The van der Waals surface area contributed by atoms with Gasteiger partial charge in [0.2, 0.25) is 0 Å². The molecule has 0 aromatic heterocycles. The monoisotopic (exact) mass is 379 g/mol. The van der Waals surface area contributed by atoms with Gasteiger partial charge < -0.3 is 10.5 Å². The largest absolute Gasteiger partial charge is 0.384 e. The van der Waals surface area contributed by atoms with E-state index in [-0.39, 0.29) is 17.4 Å². The molecule has 1 saturated carbocycles. The average molecular weight is 380 g/mol. The molecule has 2 N–H and O–H groups in total. The number of methoxy groups -OCH3 is 1. The number of ether oxygens (including phenoxy) is 1. The number of hydrogen-bond acceptors (Lipinski definition) is 4. The lowest BCUT2D eigenvalue weighted by molar-refractivity contribution is 0.142. The van der Waals surface area contributed by atoms with E-state index in [1.165, 1.54) is 0 Å². The van der Waals surface area contributed by atoms with E-state index < -0.39 is 20.5 Å². The molecule has 0 unspecified atom stereocenters. The molecule has 0 spiro atoms. The molecule has 3 rings (SSSR count). The molecule has 1 fully saturated rings. The third-order valence-electron chi connectivity index (χ3n) is 5.09. The molecule has 3 atom stereocenters. The summed E-state index contributed by atoms with van der Waals surface area (Å²) >= 11 is 5.89. The Labute approximate surface area is 153 Å². The normalized spacial score (nSPS) is 25.8. The Bertz CT molecular complexity index is 849. The summed E-state index contributed by atoms with van der Waals surface area (Å²) in [6.07, 6.45) is 0. The summed E-state index contributed by atoms with van der Waals surface area (Å²) < 4.78 is 31.9. The molecule has 1 aliphatic carbocycles. The van der Waals surface area contributed by atoms with E-state index in [1.807, 2.05) is 31.2 Å². The Kier molecular flexibility index (Phi) is 4.95. The maximum absolute atomic E-state index is 13.3. The van der Waals surface area contributed by atoms with Crippen molar-refractivity contribution in [1.29, 1.82) is 0 Å². The molecule has 1 aliphatic rings. The van der Waals surface area contributed by atoms with Crippen LogP contribution in [0.1, 0.15) is 17.0 Å². The van der Waals surface area contributed by atoms with E-state index in [0.717, 1.165) is 11.1 Å². The molecule has 0 saturated heterocycles. The topological polar surface area (TPSA) is 69.4 Å². The van der Waals surface area contributed by atoms with Gasteiger partial charge in [0.05, 0.1) is 16.8 Å². The molecular formula is C19H22ClNO3S. The number of hydrogen-bond donors (Lipinski definition) is 1. The highest BCUT2D eigenvalue weighted by Crippen LogP contribution is 2.63. The number of aryl methyl sites for hydroxylation is 1. The summed E-state index contributed by atoms with van der Waals surface area (Å²) in [5, 5.41) is -0.0966. The molecule has 2 aromatic carbocycles. The van der Waals surface area contributed by atoms with Crippen molar-refractivity contribution in [2.24, 2.45) is 11.1 Å². The molecule has 25 heavy (non-hydrogen) atoms. The van der Waals surface area contributed by atoms with Crippen molar-refractivity contribution in [3.05, 3.63) is 64.7 Å². The molecule has 134 valence electrons. The Morgan fingerprint density at radius 3 is 2.24 bits per heavy atom. The van der Waals surface area contributed by atoms with E-state index in [0.29, 0.717) is 11.6 Å². The van der Waals surface area contributed by atoms with Crippen LogP contribution in [0.15, 0.2) is 53.4 Å². The second-order valence-electron chi connectivity index (χ2n) is 6.68. The lowest BCUT2D eigenvalue weighted by atomic mass is 9.99. The number of sulfone groups is 1. The lowest BCUT2D eigenvalue weighted by Crippen LogP contribution is -2.28. The van der Waals surface area contributed by atoms with Crippen LogP contribution in [0.25, 0.3) is 0 Å². The molecule has 0 radical (unpaired) electrons. The fourth-order valence-electron chi connectivity index (χ4n) is 3.74. The minimum atomic E-state index is -3.55. The van der Waals surface area contributed by atoms with Gasteiger partial charge in [0.25, 0.3) is 0 Å². The van der Waals surface area contributed by atoms with Gasteiger partial charge in [-0.1, -0.05) is 41.4 Å². The van der Waals surface area contributed by atoms with E-state index in [4.69, 9.17) is 22.1 Å². The zero-order valence-electron chi connectivity index (χ0n) is 14.3. The zero-order valence-corrected chi connectivity index (χ0v) is 15.8. The van der Waals surface area contributed by atoms with Gasteiger partial charge in [-0.2, -0.15) is 0 Å². The highest BCUT2D eigenvalue weighted by molar-refractivity contribution is 7.92. The maximum Gasteiger partial charge on any atom is 0.182 e. The molecule has 6 heteroatoms. The number of benzene rings is 2. The van der Waals surface area contributed by atoms with Crippen molar-refractivity contribution in [2.45, 2.75) is 23.0 Å². The first-order chi connectivity index (χ1) is 11.9. The van der Waals surface area contributed by atoms with E-state index in [1.54, 1.807) is 31.4 Å². The van der Waals surface area contributed by atoms with Gasteiger partial charge in [-0.05, 0) is 36.8 Å². The minimum Gasteiger partial charge on any atom is -0.384 e. The summed E-state index contributed by atoms with van der Waals surface area (Å²) in [7, 11) is -1.97. The molecule has 0 aliphatic heterocycles. The molecule has 0 bridgehead atoms. The van der Waals surface area contributed by atoms with Gasteiger partial charge in [0.1, 0.15) is 0 Å². The molecule has 4 nitrogen and oxygen atoms in total. The maximum atomic E-state index is 13.3. The van der Waals surface area contributed by atoms with Crippen LogP contribution in [0.3, 0.4) is 0 Å². The highest BCUT2D eigenvalue weighted by Gasteiger charge is 2.70. The summed E-state index contributed by atoms with van der Waals surface area (Å²) in [6, 6.07) is 14.2. The highest BCUT2D eigenvalue weighted by atomic mass is 35.5. The summed E-state index contributed by atoms with van der Waals surface area (Å²) in [5.41, 5.74) is 7.54. The van der Waals surface area contributed by atoms with Crippen LogP contribution >= 0.6 is 11.6 Å². The summed E-state index contributed by atoms with van der Waals surface area (Å²) in [4.78, 5) is 0.269. The van der Waals surface area contributed by atoms with Crippen LogP contribution in [0.4, 0.5) is 0 Å². The first-order valence-electron chi connectivity index (χ1n) is 8.12. The number of nitrogens with two attached hydrogens (primary N) is 1. The Morgan fingerprint density at radius 1 is 1.12 bits per heavy atom. The van der Waals surface area contributed by atoms with Crippen molar-refractivity contribution in [2.75, 3.05) is 20.3 Å². The first-order valence-corrected chi connectivity index (χ1v) is 10.0. The van der Waals surface area contributed by atoms with Crippen molar-refractivity contribution < 1.29 is 13.2 Å². The van der Waals surface area contributed by atoms with Crippen LogP contribution in [-0.2, 0) is 14.6 Å². The second kappa shape index (κ2) is 6.72. The lowest BCUT2D eigenvalue weighted by Gasteiger charge is -2.15. The standard InChI is InChI=1S/C19H22ClNO3S/c1-13-3-5-14(6-4-13)17-18(19(17,11-21)12-24-2)25(22,23)16-9-7-15(20)8-10-16/h3-10,17-18H,11-12,21H2,1-2H3/t17-,18+,19-/m1/s1. The number of rotatable bonds is 6. The smallest absolute Gasteiger partial charge is 0.182 e. The van der Waals surface area contributed by atoms with Gasteiger partial charge in [-0.3, -0.25) is 0 Å². The van der Waals surface area contributed by atoms with E-state index >= 15 is 0 Å². The third-order valence-corrected chi connectivity index (χ3v) is 7.68. The zero-order chi connectivity index (χ0) is 18.2. The summed E-state index contributed by atoms with van der Waals surface area (Å²) in [5.74, 6) is -0.182. The van der Waals surface area contributed by atoms with E-state index in [2.05, 4.69) is 0 Å². The molecule has 2 aromatic rings. The Morgan fingerprint density at radius 2 is 1.72 bits per heavy atom. The second-order valence-corrected chi connectivity index (χ2v) is 9.18. The quantitative estimate of drug-likeness (QED) is 0.836. The van der Waals surface area contributed by atoms with Gasteiger partial charge in [0.15, 0.2) is 9.84 Å². The van der Waals surface area contributed by atoms with Crippen LogP contribution in [0, 0.1) is 12.3 Å². The van der Waals surface area contributed by atoms with Crippen LogP contribution < -0.4 is 5.73 Å². The van der Waals surface area contributed by atoms with Crippen molar-refractivity contribution in [1.82, 2.24) is 0 Å². The number of halogens is 1. The fourth-order valence-corrected chi connectivity index (χ4v) is 6.31. The predicted octanol–water partition coefficient (Wildman–Crippen LogP) is 3.18. The molecular weight excluding hydrogens is 358 g/mol. The van der Waals surface area contributed by atoms with Crippen LogP contribution in [0.2, 0.25) is 5.02 Å². The average Bonchev–Trinajstić information content (AvgIpc) is 3.26. The fraction of sp³-hybridized carbons (Fsp3) is 0.368. The van der Waals surface area contributed by atoms with Crippen molar-refractivity contribution >= 4 is 21.4 Å². The van der Waals surface area contributed by atoms with Gasteiger partial charge in [0, 0.05) is 30.0 Å². The van der Waals surface area contributed by atoms with E-state index in [9.17, 15) is 8.42 Å². The summed E-state index contributed by atoms with van der Waals surface area (Å²) in [6.45, 7) is 2.56. The minimum absolute atomic E-state index is 0.182. The third kappa shape index (κ3) is 3.10. The Hall–Kier alpha value is -1.40.